The molecule has 1 atom stereocenters. The van der Waals surface area contributed by atoms with Crippen LogP contribution < -0.4 is 5.73 Å². The Morgan fingerprint density at radius 1 is 1.33 bits per heavy atom. The first-order valence-corrected chi connectivity index (χ1v) is 7.05. The van der Waals surface area contributed by atoms with Gasteiger partial charge in [0.05, 0.1) is 18.8 Å². The van der Waals surface area contributed by atoms with Crippen molar-refractivity contribution in [2.24, 2.45) is 0 Å². The number of anilines is 1. The highest BCUT2D eigenvalue weighted by molar-refractivity contribution is 5.95. The first kappa shape index (κ1) is 15.7. The van der Waals surface area contributed by atoms with Crippen LogP contribution in [0.1, 0.15) is 34.3 Å². The molecule has 1 aromatic rings. The Morgan fingerprint density at radius 3 is 2.67 bits per heavy atom. The lowest BCUT2D eigenvalue weighted by atomic mass is 10.2. The Morgan fingerprint density at radius 2 is 2.05 bits per heavy atom. The number of esters is 1. The number of aromatic nitrogens is 2. The molecule has 0 radical (unpaired) electrons. The summed E-state index contributed by atoms with van der Waals surface area (Å²) in [4.78, 5) is 25.0. The topological polar surface area (TPSA) is 84.6 Å². The van der Waals surface area contributed by atoms with Crippen LogP contribution in [0.5, 0.6) is 0 Å². The van der Waals surface area contributed by atoms with E-state index in [1.54, 1.807) is 6.92 Å². The lowest BCUT2D eigenvalue weighted by Crippen LogP contribution is -2.32. The number of ether oxygens (including phenoxy) is 1. The molecule has 0 aliphatic carbocycles. The monoisotopic (exact) mass is 293 g/mol. The second kappa shape index (κ2) is 6.36. The highest BCUT2D eigenvalue weighted by Gasteiger charge is 2.27. The number of aryl methyl sites for hydroxylation is 1. The van der Waals surface area contributed by atoms with E-state index in [1.807, 2.05) is 0 Å². The minimum Gasteiger partial charge on any atom is -0.465 e. The van der Waals surface area contributed by atoms with Gasteiger partial charge in [-0.15, -0.1) is 0 Å². The molecule has 116 valence electrons. The average molecular weight is 293 g/mol. The molecule has 1 unspecified atom stereocenters. The van der Waals surface area contributed by atoms with Crippen molar-refractivity contribution in [2.75, 3.05) is 46.6 Å². The van der Waals surface area contributed by atoms with Gasteiger partial charge in [0.1, 0.15) is 17.2 Å². The van der Waals surface area contributed by atoms with Crippen molar-refractivity contribution in [1.82, 2.24) is 19.8 Å². The van der Waals surface area contributed by atoms with E-state index in [-0.39, 0.29) is 17.4 Å². The van der Waals surface area contributed by atoms with E-state index < -0.39 is 5.97 Å². The smallest absolute Gasteiger partial charge is 0.343 e. The molecule has 0 spiro atoms. The molecule has 1 aliphatic rings. The average Bonchev–Trinajstić information content (AvgIpc) is 2.59. The predicted molar refractivity (Wildman–Crippen MR) is 80.0 cm³/mol. The molecule has 1 saturated heterocycles. The van der Waals surface area contributed by atoms with Crippen molar-refractivity contribution in [3.05, 3.63) is 17.1 Å². The standard InChI is InChI=1S/C14H23N5O2/c1-9-11(14(20)21-4)12(15)17-13(16-9)10-8-18(2)6-5-7-19(10)3/h10H,5-8H2,1-4H3,(H2,15,16,17). The molecule has 21 heavy (non-hydrogen) atoms. The highest BCUT2D eigenvalue weighted by Crippen LogP contribution is 2.23. The van der Waals surface area contributed by atoms with E-state index in [4.69, 9.17) is 10.5 Å². The van der Waals surface area contributed by atoms with Crippen LogP contribution in [-0.4, -0.2) is 66.6 Å². The minimum atomic E-state index is -0.497. The van der Waals surface area contributed by atoms with Crippen LogP contribution in [-0.2, 0) is 4.74 Å². The van der Waals surface area contributed by atoms with Gasteiger partial charge in [0.25, 0.3) is 0 Å². The Hall–Kier alpha value is -1.73. The Bertz CT molecular complexity index is 511. The van der Waals surface area contributed by atoms with E-state index in [0.717, 1.165) is 26.1 Å². The normalized spacial score (nSPS) is 21.0. The van der Waals surface area contributed by atoms with E-state index in [0.29, 0.717) is 11.5 Å². The number of hydrogen-bond acceptors (Lipinski definition) is 7. The fourth-order valence-corrected chi connectivity index (χ4v) is 2.67. The second-order valence-corrected chi connectivity index (χ2v) is 5.53. The predicted octanol–water partition coefficient (Wildman–Crippen LogP) is 0.462. The zero-order chi connectivity index (χ0) is 15.6. The molecule has 2 rings (SSSR count). The minimum absolute atomic E-state index is 0.0743. The fraction of sp³-hybridized carbons (Fsp3) is 0.643. The number of nitrogens with two attached hydrogens (primary N) is 1. The zero-order valence-corrected chi connectivity index (χ0v) is 13.1. The summed E-state index contributed by atoms with van der Waals surface area (Å²) >= 11 is 0. The lowest BCUT2D eigenvalue weighted by Gasteiger charge is -2.26. The van der Waals surface area contributed by atoms with Crippen LogP contribution in [0.15, 0.2) is 0 Å². The molecule has 1 aliphatic heterocycles. The van der Waals surface area contributed by atoms with E-state index in [9.17, 15) is 4.79 Å². The lowest BCUT2D eigenvalue weighted by molar-refractivity contribution is 0.0600. The number of hydrogen-bond donors (Lipinski definition) is 1. The summed E-state index contributed by atoms with van der Waals surface area (Å²) in [7, 11) is 5.47. The van der Waals surface area contributed by atoms with Crippen LogP contribution in [0.2, 0.25) is 0 Å². The molecule has 0 saturated carbocycles. The summed E-state index contributed by atoms with van der Waals surface area (Å²) in [6, 6.07) is 0.0743. The van der Waals surface area contributed by atoms with Gasteiger partial charge in [-0.2, -0.15) is 0 Å². The number of likely N-dealkylation sites (N-methyl/N-ethyl adjacent to an activating group) is 2. The first-order valence-electron chi connectivity index (χ1n) is 7.05. The highest BCUT2D eigenvalue weighted by atomic mass is 16.5. The molecule has 2 heterocycles. The van der Waals surface area contributed by atoms with Crippen LogP contribution in [0.4, 0.5) is 5.82 Å². The van der Waals surface area contributed by atoms with Gasteiger partial charge < -0.3 is 15.4 Å². The number of nitrogen functional groups attached to an aromatic ring is 1. The summed E-state index contributed by atoms with van der Waals surface area (Å²) in [6.07, 6.45) is 1.11. The number of methoxy groups -OCH3 is 1. The van der Waals surface area contributed by atoms with Crippen LogP contribution in [0.3, 0.4) is 0 Å². The van der Waals surface area contributed by atoms with Gasteiger partial charge in [0.15, 0.2) is 0 Å². The number of rotatable bonds is 2. The summed E-state index contributed by atoms with van der Waals surface area (Å²) in [5.74, 6) is 0.349. The van der Waals surface area contributed by atoms with E-state index >= 15 is 0 Å². The molecule has 0 aromatic carbocycles. The quantitative estimate of drug-likeness (QED) is 0.793. The molecule has 0 amide bonds. The van der Waals surface area contributed by atoms with Crippen molar-refractivity contribution in [1.29, 1.82) is 0 Å². The molecule has 1 aromatic heterocycles. The van der Waals surface area contributed by atoms with Crippen molar-refractivity contribution >= 4 is 11.8 Å². The summed E-state index contributed by atoms with van der Waals surface area (Å²) in [5, 5.41) is 0. The first-order chi connectivity index (χ1) is 9.93. The van der Waals surface area contributed by atoms with Crippen LogP contribution in [0, 0.1) is 6.92 Å². The third-order valence-corrected chi connectivity index (χ3v) is 3.89. The molecule has 0 bridgehead atoms. The van der Waals surface area contributed by atoms with Gasteiger partial charge in [-0.25, -0.2) is 14.8 Å². The zero-order valence-electron chi connectivity index (χ0n) is 13.1. The molecule has 7 heteroatoms. The van der Waals surface area contributed by atoms with Crippen LogP contribution >= 0.6 is 0 Å². The maximum atomic E-state index is 11.7. The van der Waals surface area contributed by atoms with E-state index in [1.165, 1.54) is 7.11 Å². The Kier molecular flexibility index (Phi) is 4.74. The summed E-state index contributed by atoms with van der Waals surface area (Å²) in [6.45, 7) is 4.63. The van der Waals surface area contributed by atoms with Crippen molar-refractivity contribution in [3.63, 3.8) is 0 Å². The number of carbonyl (C=O) groups is 1. The Labute approximate surface area is 125 Å². The largest absolute Gasteiger partial charge is 0.465 e. The van der Waals surface area contributed by atoms with Gasteiger partial charge in [-0.05, 0) is 40.5 Å². The number of carbonyl (C=O) groups excluding carboxylic acids is 1. The fourth-order valence-electron chi connectivity index (χ4n) is 2.67. The van der Waals surface area contributed by atoms with Gasteiger partial charge in [-0.1, -0.05) is 0 Å². The summed E-state index contributed by atoms with van der Waals surface area (Å²) in [5.41, 5.74) is 6.76. The molecule has 1 fully saturated rings. The maximum Gasteiger partial charge on any atom is 0.343 e. The number of nitrogens with zero attached hydrogens (tertiary/aromatic N) is 4. The molecular formula is C14H23N5O2. The van der Waals surface area contributed by atoms with Gasteiger partial charge >= 0.3 is 5.97 Å². The van der Waals surface area contributed by atoms with Crippen molar-refractivity contribution < 1.29 is 9.53 Å². The maximum absolute atomic E-state index is 11.7. The Balaban J connectivity index is 2.38. The SMILES string of the molecule is COC(=O)c1c(C)nc(C2CN(C)CCCN2C)nc1N. The second-order valence-electron chi connectivity index (χ2n) is 5.53. The van der Waals surface area contributed by atoms with E-state index in [2.05, 4.69) is 33.9 Å². The van der Waals surface area contributed by atoms with Crippen molar-refractivity contribution in [2.45, 2.75) is 19.4 Å². The third-order valence-electron chi connectivity index (χ3n) is 3.89. The van der Waals surface area contributed by atoms with Gasteiger partial charge in [0.2, 0.25) is 0 Å². The summed E-state index contributed by atoms with van der Waals surface area (Å²) < 4.78 is 4.72. The van der Waals surface area contributed by atoms with Gasteiger partial charge in [-0.3, -0.25) is 4.90 Å². The van der Waals surface area contributed by atoms with Gasteiger partial charge in [0, 0.05) is 6.54 Å². The van der Waals surface area contributed by atoms with Crippen molar-refractivity contribution in [3.8, 4) is 0 Å². The molecule has 7 nitrogen and oxygen atoms in total. The third kappa shape index (κ3) is 3.30. The molecule has 2 N–H and O–H groups in total. The van der Waals surface area contributed by atoms with Crippen LogP contribution in [0.25, 0.3) is 0 Å². The molecular weight excluding hydrogens is 270 g/mol.